The molecule has 4 amide bonds. The number of carbonyl (C=O) groups is 4. The molecule has 2 atom stereocenters. The average Bonchev–Trinajstić information content (AvgIpc) is 2.81. The van der Waals surface area contributed by atoms with Gasteiger partial charge in [-0.2, -0.15) is 0 Å². The fraction of sp³-hybridized carbons (Fsp3) is 0.412. The van der Waals surface area contributed by atoms with Gasteiger partial charge in [0.1, 0.15) is 12.1 Å². The minimum atomic E-state index is -1.18. The van der Waals surface area contributed by atoms with E-state index >= 15 is 0 Å². The minimum Gasteiger partial charge on any atom is -0.451 e. The van der Waals surface area contributed by atoms with Crippen molar-refractivity contribution in [1.82, 2.24) is 10.2 Å². The zero-order valence-electron chi connectivity index (χ0n) is 15.0. The third-order valence-corrected chi connectivity index (χ3v) is 4.77. The Hall–Kier alpha value is -2.32. The van der Waals surface area contributed by atoms with E-state index in [9.17, 15) is 19.2 Å². The summed E-state index contributed by atoms with van der Waals surface area (Å²) in [5.74, 6) is -2.04. The second kappa shape index (κ2) is 8.14. The second-order valence-corrected chi connectivity index (χ2v) is 7.10. The summed E-state index contributed by atoms with van der Waals surface area (Å²) < 4.78 is 5.01. The lowest BCUT2D eigenvalue weighted by molar-refractivity contribution is -0.155. The van der Waals surface area contributed by atoms with Crippen LogP contribution in [0.4, 0.5) is 10.5 Å². The topological polar surface area (TPSA) is 105 Å². The van der Waals surface area contributed by atoms with Gasteiger partial charge in [-0.25, -0.2) is 4.79 Å². The fourth-order valence-electron chi connectivity index (χ4n) is 2.37. The normalized spacial score (nSPS) is 20.3. The second-order valence-electron chi connectivity index (χ2n) is 6.25. The highest BCUT2D eigenvalue weighted by Crippen LogP contribution is 2.25. The third-order valence-electron chi connectivity index (χ3n) is 4.20. The highest BCUT2D eigenvalue weighted by Gasteiger charge is 2.47. The van der Waals surface area contributed by atoms with Crippen molar-refractivity contribution in [3.8, 4) is 0 Å². The standard InChI is InChI=1S/C17H19Cl2N3O5/c1-4-17(3)15(25)22(16(26)21-17)8-13(23)27-9(2)14(24)20-12-7-10(18)5-6-11(12)19/h5-7,9H,4,8H2,1-3H3,(H,20,24)(H,21,26)/t9-,17-/m1/s1. The Morgan fingerprint density at radius 1 is 1.33 bits per heavy atom. The predicted octanol–water partition coefficient (Wildman–Crippen LogP) is 2.58. The SMILES string of the molecule is CC[C@@]1(C)NC(=O)N(CC(=O)O[C@H](C)C(=O)Nc2cc(Cl)ccc2Cl)C1=O. The van der Waals surface area contributed by atoms with E-state index in [1.165, 1.54) is 19.1 Å². The van der Waals surface area contributed by atoms with Gasteiger partial charge in [0, 0.05) is 5.02 Å². The number of benzene rings is 1. The summed E-state index contributed by atoms with van der Waals surface area (Å²) in [6.45, 7) is 4.08. The molecule has 0 aliphatic carbocycles. The van der Waals surface area contributed by atoms with Gasteiger partial charge in [0.25, 0.3) is 11.8 Å². The van der Waals surface area contributed by atoms with Gasteiger partial charge in [-0.05, 0) is 38.5 Å². The maximum absolute atomic E-state index is 12.3. The minimum absolute atomic E-state index is 0.268. The Morgan fingerprint density at radius 3 is 2.59 bits per heavy atom. The number of urea groups is 1. The molecule has 1 aliphatic rings. The Bertz CT molecular complexity index is 801. The summed E-state index contributed by atoms with van der Waals surface area (Å²) in [7, 11) is 0. The first-order valence-corrected chi connectivity index (χ1v) is 8.92. The third kappa shape index (κ3) is 4.70. The van der Waals surface area contributed by atoms with Gasteiger partial charge in [-0.3, -0.25) is 19.3 Å². The molecule has 0 radical (unpaired) electrons. The van der Waals surface area contributed by atoms with Gasteiger partial charge in [-0.1, -0.05) is 30.1 Å². The molecule has 0 spiro atoms. The van der Waals surface area contributed by atoms with Crippen molar-refractivity contribution in [2.75, 3.05) is 11.9 Å². The van der Waals surface area contributed by atoms with Gasteiger partial charge in [-0.15, -0.1) is 0 Å². The molecule has 1 saturated heterocycles. The zero-order valence-corrected chi connectivity index (χ0v) is 16.5. The van der Waals surface area contributed by atoms with Crippen LogP contribution in [0.5, 0.6) is 0 Å². The van der Waals surface area contributed by atoms with Crippen molar-refractivity contribution in [1.29, 1.82) is 0 Å². The molecular formula is C17H19Cl2N3O5. The first-order chi connectivity index (χ1) is 12.6. The Labute approximate surface area is 166 Å². The lowest BCUT2D eigenvalue weighted by atomic mass is 9.99. The molecule has 2 N–H and O–H groups in total. The van der Waals surface area contributed by atoms with Crippen LogP contribution in [0.3, 0.4) is 0 Å². The fourth-order valence-corrected chi connectivity index (χ4v) is 2.71. The number of hydrogen-bond donors (Lipinski definition) is 2. The maximum atomic E-state index is 12.3. The summed E-state index contributed by atoms with van der Waals surface area (Å²) in [5.41, 5.74) is -0.783. The Kier molecular flexibility index (Phi) is 6.33. The van der Waals surface area contributed by atoms with Crippen LogP contribution in [-0.2, 0) is 19.1 Å². The molecule has 146 valence electrons. The number of amides is 4. The number of rotatable bonds is 6. The number of carbonyl (C=O) groups excluding carboxylic acids is 4. The number of nitrogens with zero attached hydrogens (tertiary/aromatic N) is 1. The van der Waals surface area contributed by atoms with Crippen LogP contribution in [0.2, 0.25) is 10.0 Å². The van der Waals surface area contributed by atoms with E-state index < -0.39 is 42.0 Å². The van der Waals surface area contributed by atoms with Crippen LogP contribution in [0.15, 0.2) is 18.2 Å². The van der Waals surface area contributed by atoms with Gasteiger partial charge in [0.05, 0.1) is 10.7 Å². The van der Waals surface area contributed by atoms with E-state index in [0.717, 1.165) is 4.90 Å². The number of ether oxygens (including phenoxy) is 1. The molecule has 0 unspecified atom stereocenters. The molecule has 1 heterocycles. The van der Waals surface area contributed by atoms with E-state index in [4.69, 9.17) is 27.9 Å². The maximum Gasteiger partial charge on any atom is 0.327 e. The van der Waals surface area contributed by atoms with E-state index in [1.807, 2.05) is 0 Å². The zero-order chi connectivity index (χ0) is 20.4. The van der Waals surface area contributed by atoms with E-state index in [2.05, 4.69) is 10.6 Å². The molecule has 2 rings (SSSR count). The number of halogens is 2. The van der Waals surface area contributed by atoms with Crippen LogP contribution >= 0.6 is 23.2 Å². The largest absolute Gasteiger partial charge is 0.451 e. The number of nitrogens with one attached hydrogen (secondary N) is 2. The van der Waals surface area contributed by atoms with Crippen molar-refractivity contribution >= 4 is 52.7 Å². The molecule has 8 nitrogen and oxygen atoms in total. The summed E-state index contributed by atoms with van der Waals surface area (Å²) in [5, 5.41) is 5.67. The quantitative estimate of drug-likeness (QED) is 0.548. The van der Waals surface area contributed by atoms with Crippen molar-refractivity contribution in [3.05, 3.63) is 28.2 Å². The molecule has 10 heteroatoms. The lowest BCUT2D eigenvalue weighted by Crippen LogP contribution is -2.44. The first-order valence-electron chi connectivity index (χ1n) is 8.17. The van der Waals surface area contributed by atoms with Crippen LogP contribution in [0.25, 0.3) is 0 Å². The molecule has 1 aromatic carbocycles. The summed E-state index contributed by atoms with van der Waals surface area (Å²) in [6, 6.07) is 3.85. The molecule has 1 fully saturated rings. The van der Waals surface area contributed by atoms with Crippen molar-refractivity contribution in [2.45, 2.75) is 38.8 Å². The molecular weight excluding hydrogens is 397 g/mol. The van der Waals surface area contributed by atoms with Crippen LogP contribution in [-0.4, -0.2) is 46.9 Å². The number of hydrogen-bond acceptors (Lipinski definition) is 5. The molecule has 0 saturated carbocycles. The Morgan fingerprint density at radius 2 is 2.00 bits per heavy atom. The number of imide groups is 1. The average molecular weight is 416 g/mol. The Balaban J connectivity index is 1.95. The van der Waals surface area contributed by atoms with Crippen LogP contribution in [0, 0.1) is 0 Å². The van der Waals surface area contributed by atoms with E-state index in [1.54, 1.807) is 19.9 Å². The highest BCUT2D eigenvalue weighted by atomic mass is 35.5. The van der Waals surface area contributed by atoms with E-state index in [-0.39, 0.29) is 10.7 Å². The molecule has 1 aliphatic heterocycles. The first kappa shape index (κ1) is 21.0. The molecule has 1 aromatic rings. The van der Waals surface area contributed by atoms with Crippen LogP contribution < -0.4 is 10.6 Å². The van der Waals surface area contributed by atoms with Crippen molar-refractivity contribution < 1.29 is 23.9 Å². The summed E-state index contributed by atoms with van der Waals surface area (Å²) >= 11 is 11.8. The molecule has 27 heavy (non-hydrogen) atoms. The van der Waals surface area contributed by atoms with Crippen molar-refractivity contribution in [2.24, 2.45) is 0 Å². The highest BCUT2D eigenvalue weighted by molar-refractivity contribution is 6.35. The predicted molar refractivity (Wildman–Crippen MR) is 99.6 cm³/mol. The smallest absolute Gasteiger partial charge is 0.327 e. The lowest BCUT2D eigenvalue weighted by Gasteiger charge is -2.19. The van der Waals surface area contributed by atoms with Gasteiger partial charge in [0.15, 0.2) is 6.10 Å². The summed E-state index contributed by atoms with van der Waals surface area (Å²) in [4.78, 5) is 49.2. The molecule has 0 bridgehead atoms. The van der Waals surface area contributed by atoms with Gasteiger partial charge in [0.2, 0.25) is 0 Å². The van der Waals surface area contributed by atoms with Crippen LogP contribution in [0.1, 0.15) is 27.2 Å². The van der Waals surface area contributed by atoms with Crippen molar-refractivity contribution in [3.63, 3.8) is 0 Å². The monoisotopic (exact) mass is 415 g/mol. The molecule has 0 aromatic heterocycles. The van der Waals surface area contributed by atoms with E-state index in [0.29, 0.717) is 11.4 Å². The number of esters is 1. The summed E-state index contributed by atoms with van der Waals surface area (Å²) in [6.07, 6.45) is -0.798. The number of anilines is 1. The van der Waals surface area contributed by atoms with Gasteiger partial charge < -0.3 is 15.4 Å². The van der Waals surface area contributed by atoms with Gasteiger partial charge >= 0.3 is 12.0 Å².